The van der Waals surface area contributed by atoms with E-state index in [0.717, 1.165) is 27.6 Å². The SMILES string of the molecule is COn1c(=O)ccc2c(-c3c(Cl)cccc3Cl)nc(Nc3ccc(Cc4n[nH]c(C)n4)cc3)nc21. The maximum atomic E-state index is 12.4. The fourth-order valence-corrected chi connectivity index (χ4v) is 4.30. The van der Waals surface area contributed by atoms with E-state index in [-0.39, 0.29) is 17.2 Å². The first kappa shape index (κ1) is 22.8. The van der Waals surface area contributed by atoms with Crippen LogP contribution < -0.4 is 15.7 Å². The van der Waals surface area contributed by atoms with Gasteiger partial charge in [-0.25, -0.2) is 9.97 Å². The number of nitrogens with one attached hydrogen (secondary N) is 2. The number of nitrogens with zero attached hydrogens (tertiary/aromatic N) is 5. The lowest BCUT2D eigenvalue weighted by Gasteiger charge is -2.14. The van der Waals surface area contributed by atoms with Gasteiger partial charge in [0, 0.05) is 29.1 Å². The largest absolute Gasteiger partial charge is 0.412 e. The van der Waals surface area contributed by atoms with Crippen LogP contribution in [0.1, 0.15) is 17.2 Å². The Morgan fingerprint density at radius 1 is 1.00 bits per heavy atom. The predicted octanol–water partition coefficient (Wildman–Crippen LogP) is 4.58. The van der Waals surface area contributed by atoms with Crippen LogP contribution in [0.2, 0.25) is 10.0 Å². The molecule has 2 N–H and O–H groups in total. The standard InChI is InChI=1S/C24H19Cl2N7O2/c1-13-27-19(32-31-13)12-14-6-8-15(9-7-14)28-24-29-22(21-17(25)4-3-5-18(21)26)16-10-11-20(34)33(35-2)23(16)30-24/h3-11H,12H2,1-2H3,(H,27,31,32)(H,28,29,30). The molecule has 3 heterocycles. The molecule has 3 aromatic heterocycles. The molecular formula is C24H19Cl2N7O2. The first-order valence-electron chi connectivity index (χ1n) is 10.6. The summed E-state index contributed by atoms with van der Waals surface area (Å²) < 4.78 is 1.10. The summed E-state index contributed by atoms with van der Waals surface area (Å²) in [5.41, 5.74) is 2.70. The zero-order valence-corrected chi connectivity index (χ0v) is 20.2. The average molecular weight is 508 g/mol. The van der Waals surface area contributed by atoms with Crippen molar-refractivity contribution in [2.24, 2.45) is 0 Å². The number of aromatic nitrogens is 6. The van der Waals surface area contributed by atoms with Crippen LogP contribution in [0.4, 0.5) is 11.6 Å². The molecule has 0 amide bonds. The van der Waals surface area contributed by atoms with Gasteiger partial charge >= 0.3 is 0 Å². The molecule has 0 aliphatic carbocycles. The van der Waals surface area contributed by atoms with E-state index in [1.54, 1.807) is 24.3 Å². The third-order valence-corrected chi connectivity index (χ3v) is 5.94. The maximum absolute atomic E-state index is 12.4. The van der Waals surface area contributed by atoms with E-state index in [2.05, 4.69) is 25.5 Å². The first-order valence-corrected chi connectivity index (χ1v) is 11.3. The van der Waals surface area contributed by atoms with E-state index in [4.69, 9.17) is 33.0 Å². The molecule has 0 spiro atoms. The summed E-state index contributed by atoms with van der Waals surface area (Å²) in [4.78, 5) is 31.3. The number of pyridine rings is 1. The van der Waals surface area contributed by atoms with E-state index in [1.165, 1.54) is 13.2 Å². The second-order valence-corrected chi connectivity index (χ2v) is 8.53. The highest BCUT2D eigenvalue weighted by Gasteiger charge is 2.19. The number of fused-ring (bicyclic) bond motifs is 1. The predicted molar refractivity (Wildman–Crippen MR) is 135 cm³/mol. The molecule has 0 saturated carbocycles. The Bertz CT molecular complexity index is 1580. The van der Waals surface area contributed by atoms with E-state index in [1.807, 2.05) is 31.2 Å². The molecule has 0 unspecified atom stereocenters. The van der Waals surface area contributed by atoms with Crippen molar-refractivity contribution in [1.29, 1.82) is 0 Å². The van der Waals surface area contributed by atoms with Gasteiger partial charge in [-0.15, -0.1) is 4.73 Å². The number of hydrogen-bond donors (Lipinski definition) is 2. The molecular weight excluding hydrogens is 489 g/mol. The van der Waals surface area contributed by atoms with Crippen molar-refractivity contribution in [2.45, 2.75) is 13.3 Å². The third kappa shape index (κ3) is 4.55. The van der Waals surface area contributed by atoms with Crippen molar-refractivity contribution in [3.8, 4) is 11.3 Å². The van der Waals surface area contributed by atoms with E-state index >= 15 is 0 Å². The minimum atomic E-state index is -0.368. The van der Waals surface area contributed by atoms with Gasteiger partial charge in [0.15, 0.2) is 11.5 Å². The van der Waals surface area contributed by atoms with Gasteiger partial charge in [-0.3, -0.25) is 9.89 Å². The summed E-state index contributed by atoms with van der Waals surface area (Å²) in [6, 6.07) is 15.9. The molecule has 0 aliphatic rings. The van der Waals surface area contributed by atoms with Gasteiger partial charge in [0.05, 0.1) is 15.7 Å². The lowest BCUT2D eigenvalue weighted by molar-refractivity contribution is 0.167. The highest BCUT2D eigenvalue weighted by Crippen LogP contribution is 2.37. The summed E-state index contributed by atoms with van der Waals surface area (Å²) in [6.07, 6.45) is 0.604. The molecule has 5 aromatic rings. The second-order valence-electron chi connectivity index (χ2n) is 7.71. The Labute approximate surface area is 209 Å². The van der Waals surface area contributed by atoms with Gasteiger partial charge in [0.25, 0.3) is 5.56 Å². The van der Waals surface area contributed by atoms with Crippen LogP contribution in [0.25, 0.3) is 22.3 Å². The number of hydrogen-bond acceptors (Lipinski definition) is 7. The number of aryl methyl sites for hydroxylation is 1. The van der Waals surface area contributed by atoms with Gasteiger partial charge in [0.1, 0.15) is 12.9 Å². The van der Waals surface area contributed by atoms with Crippen LogP contribution >= 0.6 is 23.2 Å². The van der Waals surface area contributed by atoms with Crippen LogP contribution in [-0.2, 0) is 6.42 Å². The van der Waals surface area contributed by atoms with Crippen molar-refractivity contribution in [2.75, 3.05) is 12.4 Å². The third-order valence-electron chi connectivity index (χ3n) is 5.31. The molecule has 5 rings (SSSR count). The zero-order valence-electron chi connectivity index (χ0n) is 18.7. The van der Waals surface area contributed by atoms with Gasteiger partial charge in [-0.2, -0.15) is 10.1 Å². The van der Waals surface area contributed by atoms with Crippen molar-refractivity contribution in [3.63, 3.8) is 0 Å². The van der Waals surface area contributed by atoms with Crippen LogP contribution in [0.15, 0.2) is 59.4 Å². The fraction of sp³-hybridized carbons (Fsp3) is 0.125. The molecule has 0 radical (unpaired) electrons. The number of aromatic amines is 1. The number of anilines is 2. The second kappa shape index (κ2) is 9.36. The lowest BCUT2D eigenvalue weighted by Crippen LogP contribution is -2.25. The summed E-state index contributed by atoms with van der Waals surface area (Å²) >= 11 is 13.0. The summed E-state index contributed by atoms with van der Waals surface area (Å²) in [5, 5.41) is 11.6. The molecule has 9 nitrogen and oxygen atoms in total. The van der Waals surface area contributed by atoms with Gasteiger partial charge in [0.2, 0.25) is 5.95 Å². The Kier molecular flexibility index (Phi) is 6.10. The van der Waals surface area contributed by atoms with Gasteiger partial charge in [-0.1, -0.05) is 41.4 Å². The minimum Gasteiger partial charge on any atom is -0.412 e. The maximum Gasteiger partial charge on any atom is 0.285 e. The number of H-pyrrole nitrogens is 1. The smallest absolute Gasteiger partial charge is 0.285 e. The number of benzene rings is 2. The highest BCUT2D eigenvalue weighted by atomic mass is 35.5. The number of halogens is 2. The van der Waals surface area contributed by atoms with E-state index in [9.17, 15) is 4.79 Å². The molecule has 176 valence electrons. The Morgan fingerprint density at radius 3 is 2.40 bits per heavy atom. The molecule has 0 saturated heterocycles. The quantitative estimate of drug-likeness (QED) is 0.345. The van der Waals surface area contributed by atoms with Crippen LogP contribution in [0.5, 0.6) is 0 Å². The van der Waals surface area contributed by atoms with Gasteiger partial charge in [-0.05, 0) is 42.8 Å². The minimum absolute atomic E-state index is 0.247. The molecule has 0 fully saturated rings. The molecule has 2 aromatic carbocycles. The highest BCUT2D eigenvalue weighted by molar-refractivity contribution is 6.39. The van der Waals surface area contributed by atoms with Crippen LogP contribution in [0, 0.1) is 6.92 Å². The zero-order chi connectivity index (χ0) is 24.5. The lowest BCUT2D eigenvalue weighted by atomic mass is 10.1. The Balaban J connectivity index is 1.57. The molecule has 0 bridgehead atoms. The van der Waals surface area contributed by atoms with Crippen molar-refractivity contribution < 1.29 is 4.84 Å². The summed E-state index contributed by atoms with van der Waals surface area (Å²) in [5.74, 6) is 1.74. The fourth-order valence-electron chi connectivity index (χ4n) is 3.73. The first-order chi connectivity index (χ1) is 16.9. The monoisotopic (exact) mass is 507 g/mol. The normalized spacial score (nSPS) is 11.1. The molecule has 0 atom stereocenters. The van der Waals surface area contributed by atoms with Crippen molar-refractivity contribution in [3.05, 3.63) is 92.2 Å². The number of rotatable bonds is 6. The summed E-state index contributed by atoms with van der Waals surface area (Å²) in [6.45, 7) is 1.86. The summed E-state index contributed by atoms with van der Waals surface area (Å²) in [7, 11) is 1.40. The van der Waals surface area contributed by atoms with Crippen LogP contribution in [-0.4, -0.2) is 37.0 Å². The topological polar surface area (TPSA) is 111 Å². The Morgan fingerprint density at radius 2 is 1.74 bits per heavy atom. The molecule has 35 heavy (non-hydrogen) atoms. The average Bonchev–Trinajstić information content (AvgIpc) is 3.24. The van der Waals surface area contributed by atoms with E-state index < -0.39 is 0 Å². The van der Waals surface area contributed by atoms with Crippen molar-refractivity contribution >= 4 is 45.9 Å². The van der Waals surface area contributed by atoms with Crippen LogP contribution in [0.3, 0.4) is 0 Å². The Hall–Kier alpha value is -3.95. The van der Waals surface area contributed by atoms with Gasteiger partial charge < -0.3 is 10.2 Å². The van der Waals surface area contributed by atoms with E-state index in [0.29, 0.717) is 33.1 Å². The van der Waals surface area contributed by atoms with Crippen molar-refractivity contribution in [1.82, 2.24) is 29.9 Å². The molecule has 0 aliphatic heterocycles. The molecule has 11 heteroatoms.